The topological polar surface area (TPSA) is 103 Å². The molecule has 0 aliphatic heterocycles. The number of benzene rings is 2. The van der Waals surface area contributed by atoms with Crippen molar-refractivity contribution in [3.63, 3.8) is 0 Å². The van der Waals surface area contributed by atoms with Crippen LogP contribution >= 0.6 is 0 Å². The molecule has 0 unspecified atom stereocenters. The number of amides is 1. The van der Waals surface area contributed by atoms with E-state index in [2.05, 4.69) is 17.4 Å². The minimum absolute atomic E-state index is 0.0862. The van der Waals surface area contributed by atoms with Gasteiger partial charge in [-0.05, 0) is 24.3 Å². The van der Waals surface area contributed by atoms with Gasteiger partial charge in [0.2, 0.25) is 0 Å². The Hall–Kier alpha value is -3.55. The minimum Gasteiger partial charge on any atom is -0.497 e. The molecule has 0 radical (unpaired) electrons. The van der Waals surface area contributed by atoms with Crippen LogP contribution in [0.3, 0.4) is 0 Å². The quantitative estimate of drug-likeness (QED) is 0.591. The highest BCUT2D eigenvalue weighted by atomic mass is 16.6. The molecule has 0 fully saturated rings. The van der Waals surface area contributed by atoms with Crippen molar-refractivity contribution in [3.05, 3.63) is 70.3 Å². The highest BCUT2D eigenvalue weighted by molar-refractivity contribution is 5.94. The van der Waals surface area contributed by atoms with Crippen LogP contribution in [0.15, 0.2) is 49.0 Å². The van der Waals surface area contributed by atoms with E-state index >= 15 is 0 Å². The summed E-state index contributed by atoms with van der Waals surface area (Å²) in [7, 11) is 3.06. The Morgan fingerprint density at radius 1 is 1.08 bits per heavy atom. The van der Waals surface area contributed by atoms with Crippen LogP contribution in [0.5, 0.6) is 11.5 Å². The normalized spacial score (nSPS) is 9.84. The van der Waals surface area contributed by atoms with Gasteiger partial charge in [0.15, 0.2) is 0 Å². The average Bonchev–Trinajstić information content (AvgIpc) is 2.65. The molecule has 2 aromatic rings. The molecule has 25 heavy (non-hydrogen) atoms. The Labute approximate surface area is 144 Å². The van der Waals surface area contributed by atoms with Gasteiger partial charge >= 0.3 is 0 Å². The fourth-order valence-electron chi connectivity index (χ4n) is 2.05. The molecule has 2 rings (SSSR count). The second-order valence-electron chi connectivity index (χ2n) is 4.93. The first-order valence-electron chi connectivity index (χ1n) is 7.18. The first kappa shape index (κ1) is 17.8. The number of nitrogens with one attached hydrogen (secondary N) is 2. The standard InChI is InChI=1S/C17H17N3O5/c1-11(15-9-8-14(24-2)10-16(15)25-3)18-19-17(21)12-4-6-13(7-5-12)20(22)23/h4-10,18H,1H2,2-3H3,(H,19,21). The maximum Gasteiger partial charge on any atom is 0.269 e. The smallest absolute Gasteiger partial charge is 0.269 e. The highest BCUT2D eigenvalue weighted by Gasteiger charge is 2.12. The lowest BCUT2D eigenvalue weighted by Crippen LogP contribution is -2.35. The van der Waals surface area contributed by atoms with Crippen molar-refractivity contribution in [2.24, 2.45) is 0 Å². The van der Waals surface area contributed by atoms with Crippen molar-refractivity contribution in [3.8, 4) is 11.5 Å². The van der Waals surface area contributed by atoms with Crippen molar-refractivity contribution in [2.45, 2.75) is 0 Å². The summed E-state index contributed by atoms with van der Waals surface area (Å²) >= 11 is 0. The Bertz CT molecular complexity index is 802. The summed E-state index contributed by atoms with van der Waals surface area (Å²) in [5.74, 6) is 0.702. The number of nitro benzene ring substituents is 1. The van der Waals surface area contributed by atoms with E-state index in [9.17, 15) is 14.9 Å². The second-order valence-corrected chi connectivity index (χ2v) is 4.93. The van der Waals surface area contributed by atoms with Crippen LogP contribution in [-0.4, -0.2) is 25.1 Å². The lowest BCUT2D eigenvalue weighted by atomic mass is 10.1. The van der Waals surface area contributed by atoms with Crippen LogP contribution in [0.25, 0.3) is 5.70 Å². The summed E-state index contributed by atoms with van der Waals surface area (Å²) < 4.78 is 10.4. The van der Waals surface area contributed by atoms with Crippen molar-refractivity contribution < 1.29 is 19.2 Å². The van der Waals surface area contributed by atoms with E-state index in [1.54, 1.807) is 25.3 Å². The van der Waals surface area contributed by atoms with Gasteiger partial charge in [-0.25, -0.2) is 0 Å². The van der Waals surface area contributed by atoms with Crippen LogP contribution in [0.2, 0.25) is 0 Å². The van der Waals surface area contributed by atoms with Gasteiger partial charge in [-0.15, -0.1) is 0 Å². The molecule has 8 nitrogen and oxygen atoms in total. The van der Waals surface area contributed by atoms with Gasteiger partial charge in [-0.3, -0.25) is 25.8 Å². The number of carbonyl (C=O) groups is 1. The lowest BCUT2D eigenvalue weighted by molar-refractivity contribution is -0.384. The molecule has 0 saturated carbocycles. The molecule has 8 heteroatoms. The maximum absolute atomic E-state index is 12.1. The van der Waals surface area contributed by atoms with E-state index in [0.29, 0.717) is 22.8 Å². The molecule has 0 atom stereocenters. The van der Waals surface area contributed by atoms with E-state index in [0.717, 1.165) is 0 Å². The molecule has 0 spiro atoms. The third kappa shape index (κ3) is 4.25. The molecule has 0 heterocycles. The van der Waals surface area contributed by atoms with Gasteiger partial charge in [0.1, 0.15) is 11.5 Å². The zero-order valence-electron chi connectivity index (χ0n) is 13.7. The van der Waals surface area contributed by atoms with Crippen LogP contribution in [0, 0.1) is 10.1 Å². The first-order valence-corrected chi connectivity index (χ1v) is 7.18. The van der Waals surface area contributed by atoms with Gasteiger partial charge in [-0.1, -0.05) is 6.58 Å². The highest BCUT2D eigenvalue weighted by Crippen LogP contribution is 2.28. The fraction of sp³-hybridized carbons (Fsp3) is 0.118. The summed E-state index contributed by atoms with van der Waals surface area (Å²) in [6.45, 7) is 3.86. The maximum atomic E-state index is 12.1. The molecule has 2 N–H and O–H groups in total. The largest absolute Gasteiger partial charge is 0.497 e. The molecule has 0 aliphatic carbocycles. The number of non-ortho nitro benzene ring substituents is 1. The Kier molecular flexibility index (Phi) is 5.57. The third-order valence-electron chi connectivity index (χ3n) is 3.40. The van der Waals surface area contributed by atoms with Crippen molar-refractivity contribution in [2.75, 3.05) is 14.2 Å². The summed E-state index contributed by atoms with van der Waals surface area (Å²) in [6.07, 6.45) is 0. The molecule has 0 bridgehead atoms. The third-order valence-corrected chi connectivity index (χ3v) is 3.40. The summed E-state index contributed by atoms with van der Waals surface area (Å²) in [5.41, 5.74) is 6.42. The lowest BCUT2D eigenvalue weighted by Gasteiger charge is -2.15. The molecular weight excluding hydrogens is 326 g/mol. The van der Waals surface area contributed by atoms with Gasteiger partial charge in [0.05, 0.1) is 24.8 Å². The minimum atomic E-state index is -0.530. The molecular formula is C17H17N3O5. The molecule has 0 aliphatic rings. The molecule has 130 valence electrons. The van der Waals surface area contributed by atoms with Crippen molar-refractivity contribution >= 4 is 17.3 Å². The molecule has 0 saturated heterocycles. The monoisotopic (exact) mass is 343 g/mol. The SMILES string of the molecule is C=C(NNC(=O)c1ccc([N+](=O)[O-])cc1)c1ccc(OC)cc1OC. The van der Waals surface area contributed by atoms with Gasteiger partial charge in [-0.2, -0.15) is 0 Å². The fourth-order valence-corrected chi connectivity index (χ4v) is 2.05. The number of hydrogen-bond donors (Lipinski definition) is 2. The predicted molar refractivity (Wildman–Crippen MR) is 92.3 cm³/mol. The number of nitro groups is 1. The van der Waals surface area contributed by atoms with Crippen LogP contribution in [0.1, 0.15) is 15.9 Å². The molecule has 1 amide bonds. The van der Waals surface area contributed by atoms with Crippen molar-refractivity contribution in [1.29, 1.82) is 0 Å². The van der Waals surface area contributed by atoms with E-state index in [1.165, 1.54) is 31.4 Å². The predicted octanol–water partition coefficient (Wildman–Crippen LogP) is 2.52. The average molecular weight is 343 g/mol. The van der Waals surface area contributed by atoms with E-state index < -0.39 is 10.8 Å². The Morgan fingerprint density at radius 2 is 1.76 bits per heavy atom. The van der Waals surface area contributed by atoms with Crippen LogP contribution in [-0.2, 0) is 0 Å². The van der Waals surface area contributed by atoms with Crippen molar-refractivity contribution in [1.82, 2.24) is 10.9 Å². The number of nitrogens with zero attached hydrogens (tertiary/aromatic N) is 1. The molecule has 0 aromatic heterocycles. The zero-order valence-corrected chi connectivity index (χ0v) is 13.7. The molecule has 2 aromatic carbocycles. The summed E-state index contributed by atoms with van der Waals surface area (Å²) in [5, 5.41) is 10.6. The van der Waals surface area contributed by atoms with E-state index in [1.807, 2.05) is 0 Å². The first-order chi connectivity index (χ1) is 12.0. The summed E-state index contributed by atoms with van der Waals surface area (Å²) in [4.78, 5) is 22.2. The number of methoxy groups -OCH3 is 2. The number of hydrazine groups is 1. The second kappa shape index (κ2) is 7.82. The van der Waals surface area contributed by atoms with E-state index in [-0.39, 0.29) is 11.3 Å². The Morgan fingerprint density at radius 3 is 2.32 bits per heavy atom. The number of rotatable bonds is 7. The van der Waals surface area contributed by atoms with Gasteiger partial charge < -0.3 is 9.47 Å². The van der Waals surface area contributed by atoms with Crippen LogP contribution in [0.4, 0.5) is 5.69 Å². The number of ether oxygens (including phenoxy) is 2. The Balaban J connectivity index is 2.04. The number of carbonyl (C=O) groups excluding carboxylic acids is 1. The number of hydrogen-bond acceptors (Lipinski definition) is 6. The van der Waals surface area contributed by atoms with E-state index in [4.69, 9.17) is 9.47 Å². The zero-order chi connectivity index (χ0) is 18.4. The van der Waals surface area contributed by atoms with Gasteiger partial charge in [0.25, 0.3) is 11.6 Å². The summed E-state index contributed by atoms with van der Waals surface area (Å²) in [6, 6.07) is 10.4. The van der Waals surface area contributed by atoms with Gasteiger partial charge in [0, 0.05) is 29.3 Å². The van der Waals surface area contributed by atoms with Crippen LogP contribution < -0.4 is 20.3 Å².